The number of aliphatic hydroxyl groups is 1. The van der Waals surface area contributed by atoms with E-state index in [2.05, 4.69) is 17.2 Å². The molecule has 0 saturated carbocycles. The van der Waals surface area contributed by atoms with Gasteiger partial charge in [-0.25, -0.2) is 4.39 Å². The van der Waals surface area contributed by atoms with E-state index in [1.54, 1.807) is 6.07 Å². The van der Waals surface area contributed by atoms with Gasteiger partial charge in [0.15, 0.2) is 0 Å². The first kappa shape index (κ1) is 15.5. The summed E-state index contributed by atoms with van der Waals surface area (Å²) < 4.78 is 13.7. The number of carbonyl (C=O) groups excluding carboxylic acids is 1. The molecule has 5 heteroatoms. The topological polar surface area (TPSA) is 52.6 Å². The van der Waals surface area contributed by atoms with Crippen molar-refractivity contribution in [1.82, 2.24) is 10.2 Å². The van der Waals surface area contributed by atoms with Crippen molar-refractivity contribution in [3.05, 3.63) is 35.1 Å². The molecular formula is C16H19FN2O2. The molecule has 1 aliphatic rings. The molecule has 0 atom stereocenters. The lowest BCUT2D eigenvalue weighted by molar-refractivity contribution is -0.135. The van der Waals surface area contributed by atoms with Gasteiger partial charge >= 0.3 is 0 Å². The number of hydrogen-bond donors (Lipinski definition) is 2. The summed E-state index contributed by atoms with van der Waals surface area (Å²) >= 11 is 0. The zero-order valence-corrected chi connectivity index (χ0v) is 12.2. The Morgan fingerprint density at radius 1 is 1.43 bits per heavy atom. The molecule has 1 heterocycles. The van der Waals surface area contributed by atoms with Crippen LogP contribution in [0.1, 0.15) is 25.0 Å². The molecular weight excluding hydrogens is 271 g/mol. The Kier molecular flexibility index (Phi) is 4.61. The Bertz CT molecular complexity index is 602. The van der Waals surface area contributed by atoms with Gasteiger partial charge in [0.05, 0.1) is 5.54 Å². The molecule has 0 spiro atoms. The lowest BCUT2D eigenvalue weighted by atomic mass is 9.97. The van der Waals surface area contributed by atoms with Crippen molar-refractivity contribution in [3.63, 3.8) is 0 Å². The van der Waals surface area contributed by atoms with E-state index in [4.69, 9.17) is 5.11 Å². The summed E-state index contributed by atoms with van der Waals surface area (Å²) in [6.45, 7) is 5.24. The molecule has 0 aromatic heterocycles. The first-order valence-corrected chi connectivity index (χ1v) is 6.86. The van der Waals surface area contributed by atoms with Crippen LogP contribution in [-0.2, 0) is 11.3 Å². The molecule has 0 unspecified atom stereocenters. The average Bonchev–Trinajstić information content (AvgIpc) is 2.41. The Balaban J connectivity index is 2.22. The summed E-state index contributed by atoms with van der Waals surface area (Å²) in [5, 5.41) is 11.5. The second kappa shape index (κ2) is 6.25. The number of carbonyl (C=O) groups is 1. The van der Waals surface area contributed by atoms with Crippen molar-refractivity contribution < 1.29 is 14.3 Å². The zero-order valence-electron chi connectivity index (χ0n) is 12.2. The molecule has 2 N–H and O–H groups in total. The number of rotatable bonds is 2. The van der Waals surface area contributed by atoms with Crippen LogP contribution in [0, 0.1) is 17.7 Å². The maximum absolute atomic E-state index is 13.7. The maximum Gasteiger partial charge on any atom is 0.240 e. The molecule has 1 aromatic carbocycles. The number of nitrogens with zero attached hydrogens (tertiary/aromatic N) is 1. The smallest absolute Gasteiger partial charge is 0.240 e. The number of halogens is 1. The molecule has 1 saturated heterocycles. The summed E-state index contributed by atoms with van der Waals surface area (Å²) in [7, 11) is 0. The first-order valence-electron chi connectivity index (χ1n) is 6.86. The largest absolute Gasteiger partial charge is 0.384 e. The fraction of sp³-hybridized carbons (Fsp3) is 0.438. The molecule has 1 fully saturated rings. The van der Waals surface area contributed by atoms with Crippen LogP contribution in [0.2, 0.25) is 0 Å². The quantitative estimate of drug-likeness (QED) is 0.795. The molecule has 112 valence electrons. The first-order chi connectivity index (χ1) is 9.93. The second-order valence-electron chi connectivity index (χ2n) is 5.54. The Hall–Kier alpha value is -1.90. The van der Waals surface area contributed by atoms with Gasteiger partial charge in [-0.1, -0.05) is 11.8 Å². The van der Waals surface area contributed by atoms with Crippen LogP contribution in [0.3, 0.4) is 0 Å². The van der Waals surface area contributed by atoms with Crippen molar-refractivity contribution in [3.8, 4) is 11.8 Å². The predicted molar refractivity (Wildman–Crippen MR) is 77.9 cm³/mol. The van der Waals surface area contributed by atoms with Crippen LogP contribution < -0.4 is 5.32 Å². The summed E-state index contributed by atoms with van der Waals surface area (Å²) in [6, 6.07) is 4.57. The fourth-order valence-electron chi connectivity index (χ4n) is 2.40. The summed E-state index contributed by atoms with van der Waals surface area (Å²) in [6.07, 6.45) is 0. The fourth-order valence-corrected chi connectivity index (χ4v) is 2.40. The third-order valence-corrected chi connectivity index (χ3v) is 3.66. The molecule has 0 aliphatic carbocycles. The highest BCUT2D eigenvalue weighted by molar-refractivity contribution is 5.86. The molecule has 1 aromatic rings. The minimum Gasteiger partial charge on any atom is -0.384 e. The SMILES string of the molecule is CC1(C)C(=O)NCCN1Cc1cc(F)cc(C#CCO)c1. The highest BCUT2D eigenvalue weighted by Gasteiger charge is 2.37. The Morgan fingerprint density at radius 2 is 2.19 bits per heavy atom. The van der Waals surface area contributed by atoms with Gasteiger partial charge in [0.25, 0.3) is 0 Å². The predicted octanol–water partition coefficient (Wildman–Crippen LogP) is 0.880. The molecule has 4 nitrogen and oxygen atoms in total. The molecule has 21 heavy (non-hydrogen) atoms. The third-order valence-electron chi connectivity index (χ3n) is 3.66. The highest BCUT2D eigenvalue weighted by Crippen LogP contribution is 2.21. The van der Waals surface area contributed by atoms with E-state index in [0.717, 1.165) is 5.56 Å². The third kappa shape index (κ3) is 3.60. The van der Waals surface area contributed by atoms with Crippen molar-refractivity contribution in [2.24, 2.45) is 0 Å². The van der Waals surface area contributed by atoms with Gasteiger partial charge in [-0.2, -0.15) is 0 Å². The lowest BCUT2D eigenvalue weighted by Crippen LogP contribution is -2.61. The molecule has 0 radical (unpaired) electrons. The van der Waals surface area contributed by atoms with Crippen LogP contribution >= 0.6 is 0 Å². The zero-order chi connectivity index (χ0) is 15.5. The van der Waals surface area contributed by atoms with Crippen LogP contribution in [0.5, 0.6) is 0 Å². The summed E-state index contributed by atoms with van der Waals surface area (Å²) in [5.74, 6) is 4.82. The van der Waals surface area contributed by atoms with Crippen molar-refractivity contribution >= 4 is 5.91 Å². The molecule has 0 bridgehead atoms. The van der Waals surface area contributed by atoms with Gasteiger partial charge in [0.1, 0.15) is 12.4 Å². The number of nitrogens with one attached hydrogen (secondary N) is 1. The van der Waals surface area contributed by atoms with Gasteiger partial charge in [0.2, 0.25) is 5.91 Å². The number of hydrogen-bond acceptors (Lipinski definition) is 3. The normalized spacial score (nSPS) is 17.8. The highest BCUT2D eigenvalue weighted by atomic mass is 19.1. The van der Waals surface area contributed by atoms with E-state index < -0.39 is 5.54 Å². The minimum atomic E-state index is -0.624. The van der Waals surface area contributed by atoms with E-state index in [-0.39, 0.29) is 18.3 Å². The summed E-state index contributed by atoms with van der Waals surface area (Å²) in [5.41, 5.74) is 0.667. The van der Waals surface area contributed by atoms with Crippen molar-refractivity contribution in [1.29, 1.82) is 0 Å². The van der Waals surface area contributed by atoms with E-state index in [1.807, 2.05) is 18.7 Å². The van der Waals surface area contributed by atoms with Crippen LogP contribution in [0.4, 0.5) is 4.39 Å². The van der Waals surface area contributed by atoms with E-state index in [0.29, 0.717) is 25.2 Å². The monoisotopic (exact) mass is 290 g/mol. The van der Waals surface area contributed by atoms with Crippen LogP contribution in [-0.4, -0.2) is 41.1 Å². The molecule has 2 rings (SSSR count). The van der Waals surface area contributed by atoms with Crippen molar-refractivity contribution in [2.45, 2.75) is 25.9 Å². The van der Waals surface area contributed by atoms with Crippen LogP contribution in [0.15, 0.2) is 18.2 Å². The molecule has 1 aliphatic heterocycles. The Labute approximate surface area is 124 Å². The summed E-state index contributed by atoms with van der Waals surface area (Å²) in [4.78, 5) is 13.9. The lowest BCUT2D eigenvalue weighted by Gasteiger charge is -2.41. The van der Waals surface area contributed by atoms with E-state index in [1.165, 1.54) is 12.1 Å². The average molecular weight is 290 g/mol. The number of aliphatic hydroxyl groups excluding tert-OH is 1. The van der Waals surface area contributed by atoms with Gasteiger partial charge in [-0.15, -0.1) is 0 Å². The minimum absolute atomic E-state index is 0.0227. The number of piperazine rings is 1. The number of amides is 1. The number of benzene rings is 1. The van der Waals surface area contributed by atoms with Gasteiger partial charge in [-0.05, 0) is 37.6 Å². The standard InChI is InChI=1S/C16H19FN2O2/c1-16(2)15(21)18-5-6-19(16)11-13-8-12(4-3-7-20)9-14(17)10-13/h8-10,20H,5-7,11H2,1-2H3,(H,18,21). The van der Waals surface area contributed by atoms with Crippen LogP contribution in [0.25, 0.3) is 0 Å². The van der Waals surface area contributed by atoms with Gasteiger partial charge < -0.3 is 10.4 Å². The van der Waals surface area contributed by atoms with E-state index in [9.17, 15) is 9.18 Å². The van der Waals surface area contributed by atoms with E-state index >= 15 is 0 Å². The van der Waals surface area contributed by atoms with Gasteiger partial charge in [-0.3, -0.25) is 9.69 Å². The molecule has 1 amide bonds. The van der Waals surface area contributed by atoms with Gasteiger partial charge in [0, 0.05) is 25.2 Å². The van der Waals surface area contributed by atoms with Crippen molar-refractivity contribution in [2.75, 3.05) is 19.7 Å². The second-order valence-corrected chi connectivity index (χ2v) is 5.54. The Morgan fingerprint density at radius 3 is 2.90 bits per heavy atom. The maximum atomic E-state index is 13.7.